The zero-order valence-corrected chi connectivity index (χ0v) is 15.0. The molecule has 3 heterocycles. The molecular formula is C19H26N6O. The van der Waals surface area contributed by atoms with Crippen LogP contribution < -0.4 is 5.32 Å². The Labute approximate surface area is 153 Å². The maximum Gasteiger partial charge on any atom is 0.324 e. The van der Waals surface area contributed by atoms with Crippen LogP contribution in [-0.4, -0.2) is 63.2 Å². The molecule has 2 amide bonds. The molecule has 2 fully saturated rings. The average Bonchev–Trinajstić information content (AvgIpc) is 3.25. The Morgan fingerprint density at radius 1 is 1.15 bits per heavy atom. The molecule has 138 valence electrons. The van der Waals surface area contributed by atoms with E-state index >= 15 is 0 Å². The van der Waals surface area contributed by atoms with Crippen LogP contribution in [0.5, 0.6) is 0 Å². The Balaban J connectivity index is 1.31. The van der Waals surface area contributed by atoms with Gasteiger partial charge in [-0.2, -0.15) is 4.98 Å². The van der Waals surface area contributed by atoms with Gasteiger partial charge in [-0.05, 0) is 37.8 Å². The molecule has 4 rings (SSSR count). The van der Waals surface area contributed by atoms with E-state index in [0.717, 1.165) is 44.7 Å². The van der Waals surface area contributed by atoms with Gasteiger partial charge in [0.15, 0.2) is 0 Å². The average molecular weight is 354 g/mol. The summed E-state index contributed by atoms with van der Waals surface area (Å²) in [5.41, 5.74) is 1.26. The van der Waals surface area contributed by atoms with Crippen molar-refractivity contribution in [3.8, 4) is 0 Å². The standard InChI is InChI=1S/C19H26N6O/c26-19(25-13-5-12-24-11-4-8-16(24)14-25)21-18-20-17(22-23-18)10-9-15-6-2-1-3-7-15/h1-3,6-7,16H,4-5,8-14H2,(H2,20,21,22,23,26). The molecule has 0 aliphatic carbocycles. The molecule has 2 saturated heterocycles. The van der Waals surface area contributed by atoms with E-state index in [1.54, 1.807) is 0 Å². The van der Waals surface area contributed by atoms with Crippen molar-refractivity contribution < 1.29 is 4.79 Å². The second-order valence-electron chi connectivity index (χ2n) is 7.15. The summed E-state index contributed by atoms with van der Waals surface area (Å²) in [6.07, 6.45) is 5.13. The summed E-state index contributed by atoms with van der Waals surface area (Å²) < 4.78 is 0. The maximum atomic E-state index is 12.6. The van der Waals surface area contributed by atoms with Gasteiger partial charge in [0.05, 0.1) is 0 Å². The number of carbonyl (C=O) groups excluding carboxylic acids is 1. The highest BCUT2D eigenvalue weighted by Crippen LogP contribution is 2.21. The van der Waals surface area contributed by atoms with Crippen LogP contribution in [0.2, 0.25) is 0 Å². The summed E-state index contributed by atoms with van der Waals surface area (Å²) in [4.78, 5) is 21.4. The van der Waals surface area contributed by atoms with Crippen LogP contribution in [0.3, 0.4) is 0 Å². The molecule has 0 saturated carbocycles. The quantitative estimate of drug-likeness (QED) is 0.883. The summed E-state index contributed by atoms with van der Waals surface area (Å²) >= 11 is 0. The van der Waals surface area contributed by atoms with Crippen molar-refractivity contribution >= 4 is 12.0 Å². The second-order valence-corrected chi connectivity index (χ2v) is 7.15. The number of aryl methyl sites for hydroxylation is 2. The third-order valence-corrected chi connectivity index (χ3v) is 5.33. The van der Waals surface area contributed by atoms with E-state index in [2.05, 4.69) is 37.5 Å². The number of nitrogens with zero attached hydrogens (tertiary/aromatic N) is 4. The van der Waals surface area contributed by atoms with Gasteiger partial charge in [0.1, 0.15) is 5.82 Å². The zero-order chi connectivity index (χ0) is 17.8. The summed E-state index contributed by atoms with van der Waals surface area (Å²) in [5.74, 6) is 1.16. The van der Waals surface area contributed by atoms with Gasteiger partial charge in [-0.3, -0.25) is 15.3 Å². The van der Waals surface area contributed by atoms with Gasteiger partial charge < -0.3 is 4.90 Å². The predicted octanol–water partition coefficient (Wildman–Crippen LogP) is 2.29. The van der Waals surface area contributed by atoms with Crippen molar-refractivity contribution in [2.75, 3.05) is 31.5 Å². The number of carbonyl (C=O) groups is 1. The molecular weight excluding hydrogens is 328 g/mol. The summed E-state index contributed by atoms with van der Waals surface area (Å²) in [5, 5.41) is 9.93. The normalized spacial score (nSPS) is 20.6. The van der Waals surface area contributed by atoms with Gasteiger partial charge in [0.25, 0.3) is 0 Å². The van der Waals surface area contributed by atoms with Crippen molar-refractivity contribution in [2.45, 2.75) is 38.1 Å². The molecule has 0 spiro atoms. The fourth-order valence-electron chi connectivity index (χ4n) is 3.94. The number of anilines is 1. The van der Waals surface area contributed by atoms with Gasteiger partial charge in [-0.1, -0.05) is 30.3 Å². The molecule has 0 bridgehead atoms. The fraction of sp³-hybridized carbons (Fsp3) is 0.526. The molecule has 7 heteroatoms. The lowest BCUT2D eigenvalue weighted by Gasteiger charge is -2.25. The van der Waals surface area contributed by atoms with Crippen LogP contribution >= 0.6 is 0 Å². The number of hydrogen-bond acceptors (Lipinski definition) is 4. The second kappa shape index (κ2) is 7.86. The molecule has 2 N–H and O–H groups in total. The lowest BCUT2D eigenvalue weighted by Crippen LogP contribution is -2.41. The summed E-state index contributed by atoms with van der Waals surface area (Å²) in [6, 6.07) is 10.7. The van der Waals surface area contributed by atoms with Crippen molar-refractivity contribution in [3.05, 3.63) is 41.7 Å². The molecule has 0 radical (unpaired) electrons. The number of hydrogen-bond donors (Lipinski definition) is 2. The SMILES string of the molecule is O=C(Nc1n[nH]c(CCc2ccccc2)n1)N1CCCN2CCCC2C1. The molecule has 1 aromatic carbocycles. The minimum atomic E-state index is -0.0904. The molecule has 1 atom stereocenters. The first-order chi connectivity index (χ1) is 12.8. The third kappa shape index (κ3) is 4.04. The number of aromatic nitrogens is 3. The number of amides is 2. The van der Waals surface area contributed by atoms with E-state index in [9.17, 15) is 4.79 Å². The van der Waals surface area contributed by atoms with Crippen molar-refractivity contribution in [2.24, 2.45) is 0 Å². The van der Waals surface area contributed by atoms with Crippen LogP contribution in [0, 0.1) is 0 Å². The molecule has 7 nitrogen and oxygen atoms in total. The van der Waals surface area contributed by atoms with Gasteiger partial charge in [-0.15, -0.1) is 5.10 Å². The van der Waals surface area contributed by atoms with Crippen LogP contribution in [0.15, 0.2) is 30.3 Å². The smallest absolute Gasteiger partial charge is 0.323 e. The molecule has 2 aliphatic rings. The van der Waals surface area contributed by atoms with E-state index in [4.69, 9.17) is 0 Å². The van der Waals surface area contributed by atoms with E-state index < -0.39 is 0 Å². The van der Waals surface area contributed by atoms with Crippen LogP contribution in [0.25, 0.3) is 0 Å². The number of nitrogens with one attached hydrogen (secondary N) is 2. The topological polar surface area (TPSA) is 77.1 Å². The van der Waals surface area contributed by atoms with Crippen molar-refractivity contribution in [1.82, 2.24) is 25.0 Å². The van der Waals surface area contributed by atoms with Crippen LogP contribution in [0.4, 0.5) is 10.7 Å². The first kappa shape index (κ1) is 17.0. The van der Waals surface area contributed by atoms with E-state index in [1.165, 1.54) is 24.9 Å². The summed E-state index contributed by atoms with van der Waals surface area (Å²) in [6.45, 7) is 3.87. The zero-order valence-electron chi connectivity index (χ0n) is 15.0. The highest BCUT2D eigenvalue weighted by Gasteiger charge is 2.30. The van der Waals surface area contributed by atoms with E-state index in [-0.39, 0.29) is 6.03 Å². The number of fused-ring (bicyclic) bond motifs is 1. The first-order valence-electron chi connectivity index (χ1n) is 9.53. The Hall–Kier alpha value is -2.41. The van der Waals surface area contributed by atoms with E-state index in [1.807, 2.05) is 23.1 Å². The molecule has 1 unspecified atom stereocenters. The Bertz CT molecular complexity index is 731. The maximum absolute atomic E-state index is 12.6. The third-order valence-electron chi connectivity index (χ3n) is 5.33. The number of aromatic amines is 1. The lowest BCUT2D eigenvalue weighted by atomic mass is 10.1. The van der Waals surface area contributed by atoms with Gasteiger partial charge in [-0.25, -0.2) is 4.79 Å². The van der Waals surface area contributed by atoms with E-state index in [0.29, 0.717) is 12.0 Å². The largest absolute Gasteiger partial charge is 0.324 e. The highest BCUT2D eigenvalue weighted by atomic mass is 16.2. The number of urea groups is 1. The van der Waals surface area contributed by atoms with Crippen LogP contribution in [0.1, 0.15) is 30.7 Å². The van der Waals surface area contributed by atoms with Crippen molar-refractivity contribution in [3.63, 3.8) is 0 Å². The Kier molecular flexibility index (Phi) is 5.15. The highest BCUT2D eigenvalue weighted by molar-refractivity contribution is 5.87. The Morgan fingerprint density at radius 2 is 2.00 bits per heavy atom. The molecule has 2 aliphatic heterocycles. The molecule has 2 aromatic rings. The van der Waals surface area contributed by atoms with Gasteiger partial charge >= 0.3 is 6.03 Å². The first-order valence-corrected chi connectivity index (χ1v) is 9.53. The molecule has 1 aromatic heterocycles. The van der Waals surface area contributed by atoms with Gasteiger partial charge in [0, 0.05) is 32.1 Å². The van der Waals surface area contributed by atoms with Crippen molar-refractivity contribution in [1.29, 1.82) is 0 Å². The Morgan fingerprint density at radius 3 is 2.88 bits per heavy atom. The minimum absolute atomic E-state index is 0.0904. The number of benzene rings is 1. The van der Waals surface area contributed by atoms with Crippen LogP contribution in [-0.2, 0) is 12.8 Å². The summed E-state index contributed by atoms with van der Waals surface area (Å²) in [7, 11) is 0. The minimum Gasteiger partial charge on any atom is -0.323 e. The lowest BCUT2D eigenvalue weighted by molar-refractivity contribution is 0.200. The van der Waals surface area contributed by atoms with Gasteiger partial charge in [0.2, 0.25) is 5.95 Å². The predicted molar refractivity (Wildman–Crippen MR) is 100 cm³/mol. The molecule has 26 heavy (non-hydrogen) atoms. The number of H-pyrrole nitrogens is 1. The fourth-order valence-corrected chi connectivity index (χ4v) is 3.94. The monoisotopic (exact) mass is 354 g/mol. The number of rotatable bonds is 4.